The van der Waals surface area contributed by atoms with Crippen molar-refractivity contribution in [3.8, 4) is 17.1 Å². The van der Waals surface area contributed by atoms with Crippen molar-refractivity contribution < 1.29 is 9.18 Å². The molecule has 0 spiro atoms. The molecule has 2 aromatic carbocycles. The first-order chi connectivity index (χ1) is 16.2. The van der Waals surface area contributed by atoms with Gasteiger partial charge in [0.25, 0.3) is 0 Å². The molecule has 5 rings (SSSR count). The van der Waals surface area contributed by atoms with Gasteiger partial charge in [0, 0.05) is 22.7 Å². The van der Waals surface area contributed by atoms with Crippen LogP contribution in [0.4, 0.5) is 4.39 Å². The Hall–Kier alpha value is -2.97. The molecule has 0 saturated heterocycles. The second-order valence-electron chi connectivity index (χ2n) is 7.83. The van der Waals surface area contributed by atoms with E-state index in [2.05, 4.69) is 28.6 Å². The van der Waals surface area contributed by atoms with Gasteiger partial charge in [0.1, 0.15) is 5.82 Å². The molecule has 1 amide bonds. The Morgan fingerprint density at radius 3 is 2.67 bits per heavy atom. The van der Waals surface area contributed by atoms with E-state index in [1.807, 2.05) is 39.8 Å². The van der Waals surface area contributed by atoms with Gasteiger partial charge >= 0.3 is 0 Å². The summed E-state index contributed by atoms with van der Waals surface area (Å²) in [6.07, 6.45) is 1.80. The second kappa shape index (κ2) is 9.49. The second-order valence-corrected chi connectivity index (χ2v) is 9.78. The maximum atomic E-state index is 13.6. The highest BCUT2D eigenvalue weighted by Gasteiger charge is 2.30. The summed E-state index contributed by atoms with van der Waals surface area (Å²) < 4.78 is 15.5. The molecule has 1 aliphatic rings. The molecule has 0 saturated carbocycles. The molecular formula is C25H23FN4OS2. The van der Waals surface area contributed by atoms with E-state index in [9.17, 15) is 9.18 Å². The number of hydrogen-bond acceptors (Lipinski definition) is 5. The predicted octanol–water partition coefficient (Wildman–Crippen LogP) is 5.76. The fourth-order valence-electron chi connectivity index (χ4n) is 4.30. The van der Waals surface area contributed by atoms with E-state index in [0.717, 1.165) is 30.6 Å². The molecule has 3 heterocycles. The van der Waals surface area contributed by atoms with Crippen molar-refractivity contribution >= 4 is 29.0 Å². The van der Waals surface area contributed by atoms with Crippen LogP contribution in [-0.4, -0.2) is 37.9 Å². The minimum atomic E-state index is -0.305. The standard InChI is InChI=1S/C25H23FN4OS2/c1-2-21-20-13-15-32-22(20)12-14-29(21)23(31)16-33-25-28-27-24(17-6-4-3-5-7-17)30(25)19-10-8-18(26)9-11-19/h3-11,13,15,21H,2,12,14,16H2,1H3. The lowest BCUT2D eigenvalue weighted by atomic mass is 9.98. The normalized spacial score (nSPS) is 15.5. The summed E-state index contributed by atoms with van der Waals surface area (Å²) in [5.41, 5.74) is 2.94. The van der Waals surface area contributed by atoms with Crippen LogP contribution in [0.3, 0.4) is 0 Å². The van der Waals surface area contributed by atoms with E-state index < -0.39 is 0 Å². The van der Waals surface area contributed by atoms with E-state index >= 15 is 0 Å². The number of thioether (sulfide) groups is 1. The van der Waals surface area contributed by atoms with Gasteiger partial charge < -0.3 is 4.90 Å². The Bertz CT molecular complexity index is 1250. The van der Waals surface area contributed by atoms with Crippen LogP contribution in [0.15, 0.2) is 71.2 Å². The summed E-state index contributed by atoms with van der Waals surface area (Å²) in [5.74, 6) is 0.716. The van der Waals surface area contributed by atoms with Crippen molar-refractivity contribution in [2.24, 2.45) is 0 Å². The van der Waals surface area contributed by atoms with Crippen LogP contribution >= 0.6 is 23.1 Å². The van der Waals surface area contributed by atoms with Gasteiger partial charge in [-0.1, -0.05) is 49.0 Å². The molecule has 1 atom stereocenters. The Balaban J connectivity index is 1.41. The molecule has 1 aliphatic heterocycles. The van der Waals surface area contributed by atoms with Crippen LogP contribution in [0, 0.1) is 5.82 Å². The maximum absolute atomic E-state index is 13.6. The van der Waals surface area contributed by atoms with Gasteiger partial charge in [-0.05, 0) is 54.1 Å². The quantitative estimate of drug-likeness (QED) is 0.331. The summed E-state index contributed by atoms with van der Waals surface area (Å²) >= 11 is 3.14. The molecule has 5 nitrogen and oxygen atoms in total. The van der Waals surface area contributed by atoms with Crippen molar-refractivity contribution in [3.63, 3.8) is 0 Å². The van der Waals surface area contributed by atoms with E-state index in [-0.39, 0.29) is 23.5 Å². The van der Waals surface area contributed by atoms with Crippen LogP contribution in [0.2, 0.25) is 0 Å². The Kier molecular flexibility index (Phi) is 6.28. The summed E-state index contributed by atoms with van der Waals surface area (Å²) in [6.45, 7) is 2.87. The van der Waals surface area contributed by atoms with E-state index in [4.69, 9.17) is 0 Å². The highest BCUT2D eigenvalue weighted by molar-refractivity contribution is 7.99. The smallest absolute Gasteiger partial charge is 0.233 e. The first-order valence-corrected chi connectivity index (χ1v) is 12.8. The number of carbonyl (C=O) groups is 1. The third-order valence-electron chi connectivity index (χ3n) is 5.88. The van der Waals surface area contributed by atoms with Gasteiger partial charge in [-0.3, -0.25) is 9.36 Å². The molecule has 0 bridgehead atoms. The van der Waals surface area contributed by atoms with Gasteiger partial charge in [-0.25, -0.2) is 4.39 Å². The van der Waals surface area contributed by atoms with Crippen molar-refractivity contribution in [3.05, 3.63) is 82.3 Å². The van der Waals surface area contributed by atoms with Crippen LogP contribution in [-0.2, 0) is 11.2 Å². The number of nitrogens with zero attached hydrogens (tertiary/aromatic N) is 4. The molecule has 0 N–H and O–H groups in total. The molecule has 1 unspecified atom stereocenters. The van der Waals surface area contributed by atoms with Crippen molar-refractivity contribution in [2.75, 3.05) is 12.3 Å². The number of amides is 1. The molecule has 8 heteroatoms. The molecule has 0 fully saturated rings. The number of benzene rings is 2. The summed E-state index contributed by atoms with van der Waals surface area (Å²) in [5, 5.41) is 11.5. The lowest BCUT2D eigenvalue weighted by molar-refractivity contribution is -0.131. The Morgan fingerprint density at radius 2 is 1.91 bits per heavy atom. The molecule has 0 radical (unpaired) electrons. The number of halogens is 1. The number of aromatic nitrogens is 3. The molecular weight excluding hydrogens is 455 g/mol. The van der Waals surface area contributed by atoms with Gasteiger partial charge in [0.05, 0.1) is 11.8 Å². The van der Waals surface area contributed by atoms with Crippen LogP contribution in [0.5, 0.6) is 0 Å². The third kappa shape index (κ3) is 4.32. The highest BCUT2D eigenvalue weighted by Crippen LogP contribution is 2.36. The van der Waals surface area contributed by atoms with Crippen molar-refractivity contribution in [1.82, 2.24) is 19.7 Å². The minimum absolute atomic E-state index is 0.0959. The number of fused-ring (bicyclic) bond motifs is 1. The van der Waals surface area contributed by atoms with Gasteiger partial charge in [0.2, 0.25) is 5.91 Å². The van der Waals surface area contributed by atoms with Crippen LogP contribution in [0.25, 0.3) is 17.1 Å². The Morgan fingerprint density at radius 1 is 1.12 bits per heavy atom. The van der Waals surface area contributed by atoms with Gasteiger partial charge in [-0.15, -0.1) is 21.5 Å². The van der Waals surface area contributed by atoms with Crippen molar-refractivity contribution in [2.45, 2.75) is 31.0 Å². The zero-order valence-electron chi connectivity index (χ0n) is 18.1. The average Bonchev–Trinajstić information content (AvgIpc) is 3.50. The summed E-state index contributed by atoms with van der Waals surface area (Å²) in [7, 11) is 0. The fourth-order valence-corrected chi connectivity index (χ4v) is 6.07. The highest BCUT2D eigenvalue weighted by atomic mass is 32.2. The lowest BCUT2D eigenvalue weighted by Gasteiger charge is -2.35. The molecule has 4 aromatic rings. The molecule has 0 aliphatic carbocycles. The predicted molar refractivity (Wildman–Crippen MR) is 130 cm³/mol. The first kappa shape index (κ1) is 21.9. The topological polar surface area (TPSA) is 51.0 Å². The number of carbonyl (C=O) groups excluding carboxylic acids is 1. The molecule has 2 aromatic heterocycles. The molecule has 168 valence electrons. The first-order valence-electron chi connectivity index (χ1n) is 10.9. The third-order valence-corrected chi connectivity index (χ3v) is 7.79. The molecule has 33 heavy (non-hydrogen) atoms. The SMILES string of the molecule is CCC1c2ccsc2CCN1C(=O)CSc1nnc(-c2ccccc2)n1-c1ccc(F)cc1. The summed E-state index contributed by atoms with van der Waals surface area (Å²) in [4.78, 5) is 16.6. The minimum Gasteiger partial charge on any atom is -0.335 e. The number of thiophene rings is 1. The fraction of sp³-hybridized carbons (Fsp3) is 0.240. The zero-order valence-corrected chi connectivity index (χ0v) is 19.8. The Labute approximate surface area is 200 Å². The van der Waals surface area contributed by atoms with Crippen LogP contribution in [0.1, 0.15) is 29.8 Å². The van der Waals surface area contributed by atoms with Gasteiger partial charge in [0.15, 0.2) is 11.0 Å². The monoisotopic (exact) mass is 478 g/mol. The van der Waals surface area contributed by atoms with E-state index in [1.54, 1.807) is 23.5 Å². The lowest BCUT2D eigenvalue weighted by Crippen LogP contribution is -2.40. The maximum Gasteiger partial charge on any atom is 0.233 e. The van der Waals surface area contributed by atoms with Crippen LogP contribution < -0.4 is 0 Å². The van der Waals surface area contributed by atoms with E-state index in [1.165, 1.54) is 34.3 Å². The largest absolute Gasteiger partial charge is 0.335 e. The average molecular weight is 479 g/mol. The summed E-state index contributed by atoms with van der Waals surface area (Å²) in [6, 6.07) is 18.3. The number of rotatable bonds is 6. The van der Waals surface area contributed by atoms with E-state index in [0.29, 0.717) is 11.0 Å². The van der Waals surface area contributed by atoms with Gasteiger partial charge in [-0.2, -0.15) is 0 Å². The van der Waals surface area contributed by atoms with Crippen molar-refractivity contribution in [1.29, 1.82) is 0 Å². The number of hydrogen-bond donors (Lipinski definition) is 0. The zero-order chi connectivity index (χ0) is 22.8.